The van der Waals surface area contributed by atoms with Gasteiger partial charge < -0.3 is 10.2 Å². The fourth-order valence-corrected chi connectivity index (χ4v) is 6.03. The van der Waals surface area contributed by atoms with Crippen molar-refractivity contribution in [3.05, 3.63) is 39.8 Å². The van der Waals surface area contributed by atoms with E-state index < -0.39 is 0 Å². The SMILES string of the molecule is Cn1nc([C@H]2CCC[C@H](c3nnc(NC(=O)Cc4cccc(N5CCC5)c4)s3)C2)s1. The van der Waals surface area contributed by atoms with Gasteiger partial charge in [0.15, 0.2) is 0 Å². The van der Waals surface area contributed by atoms with Crippen molar-refractivity contribution in [3.63, 3.8) is 0 Å². The topological polar surface area (TPSA) is 75.9 Å². The summed E-state index contributed by atoms with van der Waals surface area (Å²) in [5.41, 5.74) is 2.23. The highest BCUT2D eigenvalue weighted by molar-refractivity contribution is 7.15. The average molecular weight is 443 g/mol. The number of nitrogens with zero attached hydrogens (tertiary/aromatic N) is 5. The number of carbonyl (C=O) groups excluding carboxylic acids is 1. The molecule has 2 fully saturated rings. The van der Waals surface area contributed by atoms with Crippen molar-refractivity contribution in [2.24, 2.45) is 7.05 Å². The highest BCUT2D eigenvalue weighted by Crippen LogP contribution is 2.43. The zero-order chi connectivity index (χ0) is 20.5. The van der Waals surface area contributed by atoms with Crippen LogP contribution in [-0.2, 0) is 18.3 Å². The number of rotatable bonds is 6. The number of nitrogens with one attached hydrogen (secondary N) is 1. The molecule has 1 aromatic carbocycles. The molecule has 0 radical (unpaired) electrons. The second-order valence-corrected chi connectivity index (χ2v) is 10.4. The fourth-order valence-electron chi connectivity index (χ4n) is 4.31. The van der Waals surface area contributed by atoms with Gasteiger partial charge in [-0.05, 0) is 54.9 Å². The Bertz CT molecular complexity index is 1010. The van der Waals surface area contributed by atoms with Crippen LogP contribution in [0.5, 0.6) is 0 Å². The Morgan fingerprint density at radius 3 is 2.70 bits per heavy atom. The molecule has 30 heavy (non-hydrogen) atoms. The van der Waals surface area contributed by atoms with E-state index in [1.54, 1.807) is 11.5 Å². The second-order valence-electron chi connectivity index (χ2n) is 8.24. The summed E-state index contributed by atoms with van der Waals surface area (Å²) in [7, 11) is 1.98. The number of aromatic nitrogens is 4. The lowest BCUT2D eigenvalue weighted by atomic mass is 9.82. The predicted molar refractivity (Wildman–Crippen MR) is 121 cm³/mol. The predicted octanol–water partition coefficient (Wildman–Crippen LogP) is 4.17. The molecule has 0 unspecified atom stereocenters. The van der Waals surface area contributed by atoms with Gasteiger partial charge >= 0.3 is 0 Å². The lowest BCUT2D eigenvalue weighted by Crippen LogP contribution is -2.36. The molecule has 158 valence electrons. The number of amides is 1. The zero-order valence-electron chi connectivity index (χ0n) is 17.1. The van der Waals surface area contributed by atoms with Crippen LogP contribution < -0.4 is 10.2 Å². The summed E-state index contributed by atoms with van der Waals surface area (Å²) in [5, 5.41) is 19.0. The van der Waals surface area contributed by atoms with E-state index in [4.69, 9.17) is 0 Å². The van der Waals surface area contributed by atoms with Crippen LogP contribution in [0.3, 0.4) is 0 Å². The normalized spacial score (nSPS) is 21.4. The van der Waals surface area contributed by atoms with Crippen molar-refractivity contribution in [2.75, 3.05) is 23.3 Å². The molecular formula is C21H26N6OS2. The molecular weight excluding hydrogens is 416 g/mol. The Kier molecular flexibility index (Phi) is 5.56. The summed E-state index contributed by atoms with van der Waals surface area (Å²) in [6.07, 6.45) is 6.20. The third kappa shape index (κ3) is 4.27. The number of anilines is 2. The van der Waals surface area contributed by atoms with Crippen molar-refractivity contribution in [3.8, 4) is 0 Å². The molecule has 2 aliphatic rings. The molecule has 7 nitrogen and oxygen atoms in total. The number of hydrogen-bond donors (Lipinski definition) is 1. The van der Waals surface area contributed by atoms with E-state index in [1.807, 2.05) is 23.3 Å². The van der Waals surface area contributed by atoms with E-state index in [9.17, 15) is 4.79 Å². The van der Waals surface area contributed by atoms with Gasteiger partial charge in [0, 0.05) is 37.7 Å². The van der Waals surface area contributed by atoms with Crippen LogP contribution in [0.1, 0.15) is 59.5 Å². The lowest BCUT2D eigenvalue weighted by molar-refractivity contribution is -0.115. The molecule has 2 aromatic heterocycles. The number of hydrogen-bond acceptors (Lipinski definition) is 7. The first kappa shape index (κ1) is 19.7. The molecule has 3 heterocycles. The molecule has 1 saturated heterocycles. The second kappa shape index (κ2) is 8.47. The van der Waals surface area contributed by atoms with Crippen LogP contribution in [0.15, 0.2) is 24.3 Å². The van der Waals surface area contributed by atoms with Crippen molar-refractivity contribution in [1.29, 1.82) is 0 Å². The summed E-state index contributed by atoms with van der Waals surface area (Å²) in [6.45, 7) is 2.21. The molecule has 1 aliphatic heterocycles. The van der Waals surface area contributed by atoms with Crippen LogP contribution in [0.2, 0.25) is 0 Å². The smallest absolute Gasteiger partial charge is 0.230 e. The maximum atomic E-state index is 12.5. The minimum atomic E-state index is -0.0387. The van der Waals surface area contributed by atoms with E-state index >= 15 is 0 Å². The molecule has 0 bridgehead atoms. The van der Waals surface area contributed by atoms with Gasteiger partial charge in [0.2, 0.25) is 11.0 Å². The van der Waals surface area contributed by atoms with Gasteiger partial charge in [-0.25, -0.2) is 4.07 Å². The summed E-state index contributed by atoms with van der Waals surface area (Å²) in [5.74, 6) is 0.906. The summed E-state index contributed by atoms with van der Waals surface area (Å²) < 4.78 is 1.91. The van der Waals surface area contributed by atoms with Crippen molar-refractivity contribution < 1.29 is 4.79 Å². The molecule has 1 amide bonds. The third-order valence-electron chi connectivity index (χ3n) is 6.02. The number of aryl methyl sites for hydroxylation is 1. The van der Waals surface area contributed by atoms with Gasteiger partial charge in [0.05, 0.1) is 6.42 Å². The van der Waals surface area contributed by atoms with Crippen molar-refractivity contribution in [1.82, 2.24) is 19.4 Å². The van der Waals surface area contributed by atoms with Gasteiger partial charge in [-0.3, -0.25) is 4.79 Å². The average Bonchev–Trinajstić information content (AvgIpc) is 3.13. The highest BCUT2D eigenvalue weighted by atomic mass is 32.1. The Labute approximate surface area is 184 Å². The Balaban J connectivity index is 1.18. The Hall–Kier alpha value is -2.26. The molecule has 9 heteroatoms. The van der Waals surface area contributed by atoms with E-state index in [2.05, 4.69) is 37.6 Å². The van der Waals surface area contributed by atoms with Crippen molar-refractivity contribution >= 4 is 39.6 Å². The Morgan fingerprint density at radius 2 is 1.97 bits per heavy atom. The van der Waals surface area contributed by atoms with Crippen LogP contribution in [0.25, 0.3) is 0 Å². The minimum absolute atomic E-state index is 0.0387. The van der Waals surface area contributed by atoms with E-state index in [0.29, 0.717) is 23.4 Å². The lowest BCUT2D eigenvalue weighted by Gasteiger charge is -2.33. The van der Waals surface area contributed by atoms with E-state index in [-0.39, 0.29) is 5.91 Å². The van der Waals surface area contributed by atoms with Gasteiger partial charge in [-0.2, -0.15) is 5.10 Å². The quantitative estimate of drug-likeness (QED) is 0.620. The van der Waals surface area contributed by atoms with Crippen LogP contribution in [0, 0.1) is 0 Å². The summed E-state index contributed by atoms with van der Waals surface area (Å²) in [4.78, 5) is 14.9. The summed E-state index contributed by atoms with van der Waals surface area (Å²) >= 11 is 3.26. The first-order valence-electron chi connectivity index (χ1n) is 10.6. The van der Waals surface area contributed by atoms with Gasteiger partial charge in [0.1, 0.15) is 10.0 Å². The first-order valence-corrected chi connectivity index (χ1v) is 12.2. The zero-order valence-corrected chi connectivity index (χ0v) is 18.7. The van der Waals surface area contributed by atoms with Gasteiger partial charge in [0.25, 0.3) is 0 Å². The Morgan fingerprint density at radius 1 is 1.17 bits per heavy atom. The van der Waals surface area contributed by atoms with E-state index in [1.165, 1.54) is 41.3 Å². The van der Waals surface area contributed by atoms with E-state index in [0.717, 1.165) is 36.5 Å². The monoisotopic (exact) mass is 442 g/mol. The molecule has 2 atom stereocenters. The molecule has 5 rings (SSSR count). The molecule has 3 aromatic rings. The number of carbonyl (C=O) groups is 1. The first-order chi connectivity index (χ1) is 14.6. The standard InChI is InChI=1S/C21H26N6OS2/c1-26-25-20(30-26)16-7-3-6-15(13-16)19-23-24-21(29-19)22-18(28)12-14-5-2-8-17(11-14)27-9-4-10-27/h2,5,8,11,15-16H,3-4,6-7,9-10,12-13H2,1H3,(H,22,24,28)/t15-,16-/m0/s1. The molecule has 1 N–H and O–H groups in total. The van der Waals surface area contributed by atoms with Crippen LogP contribution in [-0.4, -0.2) is 38.4 Å². The highest BCUT2D eigenvalue weighted by Gasteiger charge is 2.29. The molecule has 0 spiro atoms. The maximum Gasteiger partial charge on any atom is 0.230 e. The fraction of sp³-hybridized carbons (Fsp3) is 0.524. The van der Waals surface area contributed by atoms with Crippen LogP contribution >= 0.6 is 22.9 Å². The van der Waals surface area contributed by atoms with Crippen LogP contribution in [0.4, 0.5) is 10.8 Å². The molecule has 1 aliphatic carbocycles. The number of benzene rings is 1. The maximum absolute atomic E-state index is 12.5. The largest absolute Gasteiger partial charge is 0.371 e. The molecule has 1 saturated carbocycles. The minimum Gasteiger partial charge on any atom is -0.371 e. The van der Waals surface area contributed by atoms with Gasteiger partial charge in [-0.1, -0.05) is 29.9 Å². The van der Waals surface area contributed by atoms with Crippen molar-refractivity contribution in [2.45, 2.75) is 50.4 Å². The van der Waals surface area contributed by atoms with Gasteiger partial charge in [-0.15, -0.1) is 10.2 Å². The summed E-state index contributed by atoms with van der Waals surface area (Å²) in [6, 6.07) is 8.27. The third-order valence-corrected chi connectivity index (χ3v) is 7.97.